The number of rotatable bonds is 8. The van der Waals surface area contributed by atoms with Gasteiger partial charge in [-0.15, -0.1) is 18.3 Å². The Morgan fingerprint density at radius 2 is 2.03 bits per heavy atom. The Morgan fingerprint density at radius 1 is 1.28 bits per heavy atom. The van der Waals surface area contributed by atoms with Crippen molar-refractivity contribution in [3.63, 3.8) is 0 Å². The molecular weight excluding hydrogens is 437 g/mol. The summed E-state index contributed by atoms with van der Waals surface area (Å²) in [5.74, 6) is -1.03. The average molecular weight is 456 g/mol. The molecule has 3 rings (SSSR count). The molecule has 0 aliphatic carbocycles. The maximum Gasteiger partial charge on any atom is 0.573 e. The molecule has 1 amide bonds. The molecule has 0 radical (unpaired) electrons. The van der Waals surface area contributed by atoms with Crippen molar-refractivity contribution in [1.82, 2.24) is 19.5 Å². The van der Waals surface area contributed by atoms with E-state index in [1.165, 1.54) is 37.6 Å². The number of hydrogen-bond acceptors (Lipinski definition) is 7. The van der Waals surface area contributed by atoms with Gasteiger partial charge in [0.2, 0.25) is 0 Å². The minimum absolute atomic E-state index is 0.0497. The lowest BCUT2D eigenvalue weighted by Gasteiger charge is -2.15. The van der Waals surface area contributed by atoms with E-state index in [0.717, 1.165) is 15.1 Å². The zero-order chi connectivity index (χ0) is 23.5. The Labute approximate surface area is 178 Å². The largest absolute Gasteiger partial charge is 0.573 e. The number of ether oxygens (including phenoxy) is 2. The van der Waals surface area contributed by atoms with Crippen molar-refractivity contribution in [2.75, 3.05) is 13.7 Å². The molecular formula is C19H19F3N4O6. The molecule has 0 aliphatic rings. The van der Waals surface area contributed by atoms with E-state index in [0.29, 0.717) is 0 Å². The molecule has 13 heteroatoms. The van der Waals surface area contributed by atoms with Crippen LogP contribution in [0.3, 0.4) is 0 Å². The summed E-state index contributed by atoms with van der Waals surface area (Å²) in [6.07, 6.45) is -4.90. The first-order valence-corrected chi connectivity index (χ1v) is 9.20. The van der Waals surface area contributed by atoms with Crippen molar-refractivity contribution in [1.29, 1.82) is 0 Å². The molecule has 1 aromatic carbocycles. The van der Waals surface area contributed by atoms with Crippen molar-refractivity contribution in [2.24, 2.45) is 0 Å². The molecule has 0 bridgehead atoms. The van der Waals surface area contributed by atoms with E-state index in [-0.39, 0.29) is 35.6 Å². The number of methoxy groups -OCH3 is 1. The number of alkyl halides is 3. The maximum atomic E-state index is 12.7. The van der Waals surface area contributed by atoms with Crippen LogP contribution in [-0.4, -0.2) is 56.5 Å². The first kappa shape index (κ1) is 23.1. The van der Waals surface area contributed by atoms with Gasteiger partial charge in [-0.05, 0) is 24.3 Å². The van der Waals surface area contributed by atoms with Crippen LogP contribution in [0, 0.1) is 0 Å². The standard InChI is InChI=1S/C19H19F3N4O6/c1-31-14-4-2-11(15(6-14)32-19(20,21)22)7-23-17(29)12-3-5-16-24-26(9-13(28)10-27)18(30)25(16)8-12/h2-6,8,13,27-28H,7,9-10H2,1H3,(H,23,29). The summed E-state index contributed by atoms with van der Waals surface area (Å²) in [7, 11) is 1.29. The Kier molecular flexibility index (Phi) is 6.69. The summed E-state index contributed by atoms with van der Waals surface area (Å²) in [5.41, 5.74) is -0.333. The first-order chi connectivity index (χ1) is 15.1. The highest BCUT2D eigenvalue weighted by molar-refractivity contribution is 5.94. The number of pyridine rings is 1. The van der Waals surface area contributed by atoms with E-state index in [1.807, 2.05) is 0 Å². The smallest absolute Gasteiger partial charge is 0.497 e. The molecule has 2 heterocycles. The Morgan fingerprint density at radius 3 is 2.69 bits per heavy atom. The van der Waals surface area contributed by atoms with Crippen LogP contribution in [0.4, 0.5) is 13.2 Å². The SMILES string of the molecule is COc1ccc(CNC(=O)c2ccc3nn(CC(O)CO)c(=O)n3c2)c(OC(F)(F)F)c1. The lowest BCUT2D eigenvalue weighted by atomic mass is 10.1. The summed E-state index contributed by atoms with van der Waals surface area (Å²) in [6, 6.07) is 6.57. The Balaban J connectivity index is 1.79. The second kappa shape index (κ2) is 9.28. The van der Waals surface area contributed by atoms with Gasteiger partial charge in [-0.1, -0.05) is 0 Å². The predicted molar refractivity (Wildman–Crippen MR) is 103 cm³/mol. The number of aliphatic hydroxyl groups is 2. The van der Waals surface area contributed by atoms with Gasteiger partial charge in [0.1, 0.15) is 11.5 Å². The molecule has 10 nitrogen and oxygen atoms in total. The summed E-state index contributed by atoms with van der Waals surface area (Å²) in [6.45, 7) is -1.08. The number of aliphatic hydroxyl groups excluding tert-OH is 2. The number of fused-ring (bicyclic) bond motifs is 1. The molecule has 3 aromatic rings. The minimum atomic E-state index is -4.93. The lowest BCUT2D eigenvalue weighted by molar-refractivity contribution is -0.274. The summed E-state index contributed by atoms with van der Waals surface area (Å²) < 4.78 is 49.0. The van der Waals surface area contributed by atoms with Gasteiger partial charge < -0.3 is 25.0 Å². The highest BCUT2D eigenvalue weighted by atomic mass is 19.4. The van der Waals surface area contributed by atoms with Crippen molar-refractivity contribution < 1.29 is 37.7 Å². The van der Waals surface area contributed by atoms with Crippen LogP contribution < -0.4 is 20.5 Å². The Hall–Kier alpha value is -3.58. The molecule has 2 aromatic heterocycles. The van der Waals surface area contributed by atoms with E-state index in [2.05, 4.69) is 15.2 Å². The topological polar surface area (TPSA) is 127 Å². The third-order valence-electron chi connectivity index (χ3n) is 4.37. The molecule has 32 heavy (non-hydrogen) atoms. The number of carbonyl (C=O) groups is 1. The fourth-order valence-corrected chi connectivity index (χ4v) is 2.83. The number of nitrogens with zero attached hydrogens (tertiary/aromatic N) is 3. The number of nitrogens with one attached hydrogen (secondary N) is 1. The average Bonchev–Trinajstić information content (AvgIpc) is 3.05. The zero-order valence-electron chi connectivity index (χ0n) is 16.7. The molecule has 3 N–H and O–H groups in total. The Bertz CT molecular complexity index is 1170. The molecule has 1 atom stereocenters. The molecule has 0 saturated carbocycles. The highest BCUT2D eigenvalue weighted by Gasteiger charge is 2.32. The van der Waals surface area contributed by atoms with E-state index in [1.54, 1.807) is 0 Å². The van der Waals surface area contributed by atoms with E-state index in [4.69, 9.17) is 9.84 Å². The van der Waals surface area contributed by atoms with Gasteiger partial charge in [0.25, 0.3) is 5.91 Å². The first-order valence-electron chi connectivity index (χ1n) is 9.20. The van der Waals surface area contributed by atoms with Crippen molar-refractivity contribution in [3.8, 4) is 11.5 Å². The quantitative estimate of drug-likeness (QED) is 0.455. The molecule has 0 fully saturated rings. The number of aromatic nitrogens is 3. The van der Waals surface area contributed by atoms with E-state index in [9.17, 15) is 27.9 Å². The number of carbonyl (C=O) groups excluding carboxylic acids is 1. The van der Waals surface area contributed by atoms with Gasteiger partial charge in [0.15, 0.2) is 5.65 Å². The number of benzene rings is 1. The van der Waals surface area contributed by atoms with Gasteiger partial charge in [0.05, 0.1) is 31.9 Å². The predicted octanol–water partition coefficient (Wildman–Crippen LogP) is 0.686. The maximum absolute atomic E-state index is 12.7. The van der Waals surface area contributed by atoms with Crippen LogP contribution in [0.5, 0.6) is 11.5 Å². The van der Waals surface area contributed by atoms with Crippen LogP contribution in [0.2, 0.25) is 0 Å². The van der Waals surface area contributed by atoms with Gasteiger partial charge in [-0.25, -0.2) is 13.9 Å². The third-order valence-corrected chi connectivity index (χ3v) is 4.37. The van der Waals surface area contributed by atoms with Crippen molar-refractivity contribution >= 4 is 11.6 Å². The molecule has 0 saturated heterocycles. The highest BCUT2D eigenvalue weighted by Crippen LogP contribution is 2.30. The molecule has 172 valence electrons. The molecule has 0 aliphatic heterocycles. The second-order valence-corrected chi connectivity index (χ2v) is 6.65. The van der Waals surface area contributed by atoms with Gasteiger partial charge >= 0.3 is 12.1 Å². The number of hydrogen-bond donors (Lipinski definition) is 3. The van der Waals surface area contributed by atoms with Crippen molar-refractivity contribution in [3.05, 3.63) is 58.1 Å². The normalized spacial score (nSPS) is 12.6. The van der Waals surface area contributed by atoms with Crippen molar-refractivity contribution in [2.45, 2.75) is 25.6 Å². The van der Waals surface area contributed by atoms with Gasteiger partial charge in [0, 0.05) is 24.4 Å². The zero-order valence-corrected chi connectivity index (χ0v) is 16.7. The van der Waals surface area contributed by atoms with Gasteiger partial charge in [-0.2, -0.15) is 0 Å². The van der Waals surface area contributed by atoms with Gasteiger partial charge in [-0.3, -0.25) is 4.79 Å². The summed E-state index contributed by atoms with van der Waals surface area (Å²) >= 11 is 0. The van der Waals surface area contributed by atoms with Crippen LogP contribution in [-0.2, 0) is 13.1 Å². The second-order valence-electron chi connectivity index (χ2n) is 6.65. The molecule has 1 unspecified atom stereocenters. The van der Waals surface area contributed by atoms with Crippen LogP contribution >= 0.6 is 0 Å². The molecule has 0 spiro atoms. The fraction of sp³-hybridized carbons (Fsp3) is 0.316. The summed E-state index contributed by atoms with van der Waals surface area (Å²) in [4.78, 5) is 24.9. The minimum Gasteiger partial charge on any atom is -0.497 e. The van der Waals surface area contributed by atoms with E-state index >= 15 is 0 Å². The van der Waals surface area contributed by atoms with Crippen LogP contribution in [0.25, 0.3) is 5.65 Å². The number of amides is 1. The van der Waals surface area contributed by atoms with Crippen LogP contribution in [0.1, 0.15) is 15.9 Å². The monoisotopic (exact) mass is 456 g/mol. The lowest BCUT2D eigenvalue weighted by Crippen LogP contribution is -2.29. The fourth-order valence-electron chi connectivity index (χ4n) is 2.83. The number of halogens is 3. The van der Waals surface area contributed by atoms with Crippen LogP contribution in [0.15, 0.2) is 41.3 Å². The van der Waals surface area contributed by atoms with E-state index < -0.39 is 36.4 Å². The third kappa shape index (κ3) is 5.36. The summed E-state index contributed by atoms with van der Waals surface area (Å²) in [5, 5.41) is 24.9.